The van der Waals surface area contributed by atoms with Gasteiger partial charge in [0, 0.05) is 34.6 Å². The van der Waals surface area contributed by atoms with Crippen LogP contribution in [-0.4, -0.2) is 28.4 Å². The molecule has 0 aromatic heterocycles. The lowest BCUT2D eigenvalue weighted by Gasteiger charge is -2.32. The first-order valence-electron chi connectivity index (χ1n) is 14.8. The van der Waals surface area contributed by atoms with Crippen LogP contribution in [0.3, 0.4) is 0 Å². The Morgan fingerprint density at radius 1 is 0.698 bits per heavy atom. The van der Waals surface area contributed by atoms with E-state index in [2.05, 4.69) is 26.0 Å². The summed E-state index contributed by atoms with van der Waals surface area (Å²) in [6.45, 7) is 9.38. The van der Waals surface area contributed by atoms with Gasteiger partial charge in [0.05, 0.1) is 0 Å². The number of hydrogen-bond donors (Lipinski definition) is 2. The highest BCUT2D eigenvalue weighted by Gasteiger charge is 2.42. The Labute approximate surface area is 254 Å². The molecule has 0 amide bonds. The molecule has 0 unspecified atom stereocenters. The van der Waals surface area contributed by atoms with Gasteiger partial charge in [-0.05, 0) is 72.2 Å². The first-order valence-corrected chi connectivity index (χ1v) is 14.8. The summed E-state index contributed by atoms with van der Waals surface area (Å²) in [6.07, 6.45) is 3.81. The Morgan fingerprint density at radius 3 is 1.63 bits per heavy atom. The number of aliphatic carboxylic acids is 1. The van der Waals surface area contributed by atoms with Crippen LogP contribution in [0.1, 0.15) is 101 Å². The molecular weight excluding hydrogens is 534 g/mol. The normalized spacial score (nSPS) is 12.4. The Morgan fingerprint density at radius 2 is 1.14 bits per heavy atom. The van der Waals surface area contributed by atoms with Gasteiger partial charge in [0.15, 0.2) is 5.78 Å². The van der Waals surface area contributed by atoms with Crippen LogP contribution in [0.25, 0.3) is 11.1 Å². The minimum absolute atomic E-state index is 0.0197. The Balaban J connectivity index is 0.000000996. The fraction of sp³-hybridized carbons (Fsp3) is 0.263. The highest BCUT2D eigenvalue weighted by molar-refractivity contribution is 6.50. The molecule has 4 aromatic carbocycles. The molecule has 5 heteroatoms. The lowest BCUT2D eigenvalue weighted by Crippen LogP contribution is -2.26. The van der Waals surface area contributed by atoms with Crippen molar-refractivity contribution in [2.45, 2.75) is 65.7 Å². The molecular formula is C38H39NO4. The van der Waals surface area contributed by atoms with Crippen molar-refractivity contribution in [3.63, 3.8) is 0 Å². The first kappa shape index (κ1) is 31.3. The van der Waals surface area contributed by atoms with E-state index in [0.29, 0.717) is 16.7 Å². The summed E-state index contributed by atoms with van der Waals surface area (Å²) in [5.41, 5.74) is 8.86. The van der Waals surface area contributed by atoms with E-state index >= 15 is 0 Å². The van der Waals surface area contributed by atoms with Gasteiger partial charge >= 0.3 is 0 Å². The maximum absolute atomic E-state index is 13.6. The second kappa shape index (κ2) is 13.1. The lowest BCUT2D eigenvalue weighted by atomic mass is 9.71. The third kappa shape index (κ3) is 6.12. The molecule has 0 saturated carbocycles. The van der Waals surface area contributed by atoms with Gasteiger partial charge in [-0.3, -0.25) is 19.8 Å². The monoisotopic (exact) mass is 573 g/mol. The van der Waals surface area contributed by atoms with E-state index in [1.807, 2.05) is 86.6 Å². The summed E-state index contributed by atoms with van der Waals surface area (Å²) in [4.78, 5) is 36.1. The van der Waals surface area contributed by atoms with Crippen molar-refractivity contribution in [1.82, 2.24) is 0 Å². The van der Waals surface area contributed by atoms with Crippen molar-refractivity contribution in [3.05, 3.63) is 129 Å². The number of nitrogens with one attached hydrogen (secondary N) is 1. The minimum atomic E-state index is -0.833. The molecule has 2 N–H and O–H groups in total. The predicted molar refractivity (Wildman–Crippen MR) is 173 cm³/mol. The van der Waals surface area contributed by atoms with Gasteiger partial charge in [0.1, 0.15) is 5.71 Å². The zero-order valence-electron chi connectivity index (χ0n) is 25.6. The maximum Gasteiger partial charge on any atom is 0.300 e. The number of carbonyl (C=O) groups is 3. The van der Waals surface area contributed by atoms with Gasteiger partial charge < -0.3 is 5.11 Å². The topological polar surface area (TPSA) is 95.3 Å². The summed E-state index contributed by atoms with van der Waals surface area (Å²) < 4.78 is 0. The smallest absolute Gasteiger partial charge is 0.300 e. The molecule has 0 saturated heterocycles. The zero-order chi connectivity index (χ0) is 31.3. The number of carboxylic acid groups (broad SMARTS) is 1. The number of hydrogen-bond acceptors (Lipinski definition) is 4. The molecule has 0 aliphatic heterocycles. The van der Waals surface area contributed by atoms with E-state index in [9.17, 15) is 9.59 Å². The summed E-state index contributed by atoms with van der Waals surface area (Å²) >= 11 is 0. The van der Waals surface area contributed by atoms with Crippen LogP contribution in [0, 0.1) is 19.3 Å². The molecule has 1 aliphatic carbocycles. The van der Waals surface area contributed by atoms with Crippen LogP contribution in [0.2, 0.25) is 0 Å². The second-order valence-electron chi connectivity index (χ2n) is 11.3. The van der Waals surface area contributed by atoms with Crippen molar-refractivity contribution in [1.29, 1.82) is 5.41 Å². The van der Waals surface area contributed by atoms with E-state index in [1.54, 1.807) is 0 Å². The van der Waals surface area contributed by atoms with E-state index in [1.165, 1.54) is 5.56 Å². The summed E-state index contributed by atoms with van der Waals surface area (Å²) in [6, 6.07) is 27.4. The highest BCUT2D eigenvalue weighted by atomic mass is 16.4. The van der Waals surface area contributed by atoms with E-state index in [0.717, 1.165) is 66.0 Å². The van der Waals surface area contributed by atoms with Gasteiger partial charge in [0.2, 0.25) is 5.78 Å². The number of carbonyl (C=O) groups excluding carboxylic acids is 2. The molecule has 0 radical (unpaired) electrons. The molecule has 5 nitrogen and oxygen atoms in total. The van der Waals surface area contributed by atoms with Crippen LogP contribution in [-0.2, 0) is 10.2 Å². The third-order valence-electron chi connectivity index (χ3n) is 8.27. The van der Waals surface area contributed by atoms with Crippen LogP contribution >= 0.6 is 0 Å². The number of rotatable bonds is 9. The number of benzene rings is 4. The van der Waals surface area contributed by atoms with E-state index in [-0.39, 0.29) is 22.7 Å². The average molecular weight is 574 g/mol. The predicted octanol–water partition coefficient (Wildman–Crippen LogP) is 8.74. The summed E-state index contributed by atoms with van der Waals surface area (Å²) in [5.74, 6) is -1.06. The molecule has 0 bridgehead atoms. The van der Waals surface area contributed by atoms with E-state index in [4.69, 9.17) is 15.3 Å². The van der Waals surface area contributed by atoms with Crippen LogP contribution in [0.5, 0.6) is 0 Å². The number of Topliss-reactive ketones (excluding diaryl/α,β-unsaturated/α-hetero) is 1. The fourth-order valence-corrected chi connectivity index (χ4v) is 6.40. The second-order valence-corrected chi connectivity index (χ2v) is 11.3. The standard InChI is InChI=1S/C36H35NO2.C2H4O2/c1-5-19-36(20-6-2)31-21-25(34(38)28-14-10-8-12-24(28)4)15-17-29(31)30-18-16-26(22-32(30)36)35(39)33(37)27-13-9-7-11-23(27)3;1-2(3)4/h7-18,21-22,37H,5-6,19-20H2,1-4H3;1H3,(H,3,4). The molecule has 0 atom stereocenters. The number of ketones is 2. The molecule has 1 aliphatic rings. The molecule has 5 rings (SSSR count). The number of fused-ring (bicyclic) bond motifs is 3. The van der Waals surface area contributed by atoms with Gasteiger partial charge in [0.25, 0.3) is 5.97 Å². The minimum Gasteiger partial charge on any atom is -0.481 e. The Kier molecular flexibility index (Phi) is 9.55. The molecule has 0 fully saturated rings. The number of carboxylic acids is 1. The van der Waals surface area contributed by atoms with Crippen LogP contribution in [0.4, 0.5) is 0 Å². The molecule has 220 valence electrons. The zero-order valence-corrected chi connectivity index (χ0v) is 25.6. The summed E-state index contributed by atoms with van der Waals surface area (Å²) in [7, 11) is 0. The number of aryl methyl sites for hydroxylation is 2. The first-order chi connectivity index (χ1) is 20.5. The Bertz CT molecular complexity index is 1710. The van der Waals surface area contributed by atoms with Gasteiger partial charge in [-0.15, -0.1) is 0 Å². The Hall–Kier alpha value is -4.64. The van der Waals surface area contributed by atoms with Gasteiger partial charge in [-0.2, -0.15) is 0 Å². The van der Waals surface area contributed by atoms with Crippen molar-refractivity contribution in [3.8, 4) is 11.1 Å². The van der Waals surface area contributed by atoms with Gasteiger partial charge in [-0.1, -0.05) is 99.5 Å². The van der Waals surface area contributed by atoms with Gasteiger partial charge in [-0.25, -0.2) is 0 Å². The molecule has 0 heterocycles. The largest absolute Gasteiger partial charge is 0.481 e. The SMILES string of the molecule is CC(=O)O.CCCC1(CCC)c2cc(C(=O)C(=N)c3ccccc3C)ccc2-c2ccc(C(=O)c3ccccc3C)cc21. The maximum atomic E-state index is 13.6. The third-order valence-corrected chi connectivity index (χ3v) is 8.27. The van der Waals surface area contributed by atoms with Crippen molar-refractivity contribution < 1.29 is 19.5 Å². The molecule has 4 aromatic rings. The highest BCUT2D eigenvalue weighted by Crippen LogP contribution is 2.54. The van der Waals surface area contributed by atoms with Crippen LogP contribution < -0.4 is 0 Å². The van der Waals surface area contributed by atoms with Crippen molar-refractivity contribution in [2.75, 3.05) is 0 Å². The average Bonchev–Trinajstić information content (AvgIpc) is 3.25. The van der Waals surface area contributed by atoms with Crippen molar-refractivity contribution >= 4 is 23.2 Å². The lowest BCUT2D eigenvalue weighted by molar-refractivity contribution is -0.134. The molecule has 43 heavy (non-hydrogen) atoms. The quantitative estimate of drug-likeness (QED) is 0.155. The van der Waals surface area contributed by atoms with Crippen LogP contribution in [0.15, 0.2) is 84.9 Å². The molecule has 0 spiro atoms. The summed E-state index contributed by atoms with van der Waals surface area (Å²) in [5, 5.41) is 16.1. The van der Waals surface area contributed by atoms with E-state index < -0.39 is 5.97 Å². The van der Waals surface area contributed by atoms with Crippen molar-refractivity contribution in [2.24, 2.45) is 0 Å². The fourth-order valence-electron chi connectivity index (χ4n) is 6.40.